The monoisotopic (exact) mass is 592 g/mol. The smallest absolute Gasteiger partial charge is 0.0448 e. The van der Waals surface area contributed by atoms with Gasteiger partial charge >= 0.3 is 0 Å². The second-order valence-corrected chi connectivity index (χ2v) is 13.7. The summed E-state index contributed by atoms with van der Waals surface area (Å²) in [5, 5.41) is 13.3. The van der Waals surface area contributed by atoms with Crippen LogP contribution in [0.5, 0.6) is 0 Å². The fraction of sp³-hybridized carbons (Fsp3) is 0. The maximum Gasteiger partial charge on any atom is 0.0448 e. The summed E-state index contributed by atoms with van der Waals surface area (Å²) < 4.78 is 5.48. The molecule has 0 atom stereocenters. The Kier molecular flexibility index (Phi) is 5.13. The van der Waals surface area contributed by atoms with Crippen LogP contribution < -0.4 is 0 Å². The van der Waals surface area contributed by atoms with Crippen molar-refractivity contribution in [2.45, 2.75) is 0 Å². The Morgan fingerprint density at radius 2 is 0.886 bits per heavy atom. The van der Waals surface area contributed by atoms with Gasteiger partial charge in [-0.15, -0.1) is 22.7 Å². The summed E-state index contributed by atoms with van der Waals surface area (Å²) in [7, 11) is 0. The Labute approximate surface area is 262 Å². The van der Waals surface area contributed by atoms with Crippen molar-refractivity contribution in [2.24, 2.45) is 0 Å². The molecule has 2 heterocycles. The van der Waals surface area contributed by atoms with Gasteiger partial charge in [-0.3, -0.25) is 0 Å². The van der Waals surface area contributed by atoms with Gasteiger partial charge in [0.05, 0.1) is 0 Å². The summed E-state index contributed by atoms with van der Waals surface area (Å²) in [6.07, 6.45) is 0. The number of thiophene rings is 2. The van der Waals surface area contributed by atoms with Crippen molar-refractivity contribution in [3.05, 3.63) is 146 Å². The van der Waals surface area contributed by atoms with E-state index in [0.29, 0.717) is 0 Å². The van der Waals surface area contributed by atoms with Crippen molar-refractivity contribution >= 4 is 95.3 Å². The van der Waals surface area contributed by atoms with Crippen molar-refractivity contribution < 1.29 is 0 Å². The van der Waals surface area contributed by atoms with Crippen LogP contribution in [0.4, 0.5) is 0 Å². The average Bonchev–Trinajstić information content (AvgIpc) is 3.65. The van der Waals surface area contributed by atoms with Crippen molar-refractivity contribution in [1.29, 1.82) is 0 Å². The molecule has 0 aliphatic heterocycles. The lowest BCUT2D eigenvalue weighted by Crippen LogP contribution is -1.90. The lowest BCUT2D eigenvalue weighted by Gasteiger charge is -2.17. The van der Waals surface area contributed by atoms with E-state index in [1.165, 1.54) is 94.9 Å². The minimum atomic E-state index is 1.26. The molecule has 10 aromatic rings. The predicted molar refractivity (Wildman–Crippen MR) is 196 cm³/mol. The van der Waals surface area contributed by atoms with Gasteiger partial charge in [0.2, 0.25) is 0 Å². The third kappa shape index (κ3) is 3.38. The van der Waals surface area contributed by atoms with E-state index < -0.39 is 0 Å². The van der Waals surface area contributed by atoms with E-state index in [2.05, 4.69) is 146 Å². The van der Waals surface area contributed by atoms with Gasteiger partial charge < -0.3 is 0 Å². The molecule has 2 aromatic heterocycles. The van der Waals surface area contributed by atoms with Crippen molar-refractivity contribution in [2.75, 3.05) is 0 Å². The average molecular weight is 593 g/mol. The van der Waals surface area contributed by atoms with E-state index in [-0.39, 0.29) is 0 Å². The number of hydrogen-bond acceptors (Lipinski definition) is 2. The predicted octanol–water partition coefficient (Wildman–Crippen LogP) is 13.2. The highest BCUT2D eigenvalue weighted by atomic mass is 32.1. The molecule has 0 nitrogen and oxygen atoms in total. The highest BCUT2D eigenvalue weighted by Gasteiger charge is 2.19. The van der Waals surface area contributed by atoms with E-state index in [1.807, 2.05) is 22.7 Å². The third-order valence-electron chi connectivity index (χ3n) is 9.25. The van der Waals surface area contributed by atoms with Crippen molar-refractivity contribution in [3.8, 4) is 22.3 Å². The second kappa shape index (κ2) is 9.24. The molecule has 10 rings (SSSR count). The second-order valence-electron chi connectivity index (χ2n) is 11.6. The third-order valence-corrected chi connectivity index (χ3v) is 11.6. The number of benzene rings is 8. The SMILES string of the molecule is c1ccc(-c2c3ccccc3c(-c3ccc4c(c3)sc3ccc5c6ccc7ccccc7c6sc5c34)c3ccccc23)cc1. The van der Waals surface area contributed by atoms with Crippen molar-refractivity contribution in [3.63, 3.8) is 0 Å². The van der Waals surface area contributed by atoms with Gasteiger partial charge in [0, 0.05) is 40.3 Å². The van der Waals surface area contributed by atoms with Crippen LogP contribution >= 0.6 is 22.7 Å². The summed E-state index contributed by atoms with van der Waals surface area (Å²) in [4.78, 5) is 0. The molecule has 2 heteroatoms. The lowest BCUT2D eigenvalue weighted by atomic mass is 9.86. The van der Waals surface area contributed by atoms with E-state index in [0.717, 1.165) is 0 Å². The molecule has 0 saturated heterocycles. The Hall–Kier alpha value is -5.02. The first kappa shape index (κ1) is 24.4. The fourth-order valence-electron chi connectivity index (χ4n) is 7.33. The molecule has 0 bridgehead atoms. The minimum Gasteiger partial charge on any atom is -0.135 e. The zero-order chi connectivity index (χ0) is 28.8. The Balaban J connectivity index is 1.26. The number of rotatable bonds is 2. The molecule has 0 N–H and O–H groups in total. The molecule has 0 aliphatic carbocycles. The van der Waals surface area contributed by atoms with Crippen molar-refractivity contribution in [1.82, 2.24) is 0 Å². The largest absolute Gasteiger partial charge is 0.135 e. The molecule has 204 valence electrons. The first-order valence-corrected chi connectivity index (χ1v) is 16.7. The van der Waals surface area contributed by atoms with Crippen LogP contribution in [-0.4, -0.2) is 0 Å². The van der Waals surface area contributed by atoms with E-state index in [1.54, 1.807) is 0 Å². The first-order valence-electron chi connectivity index (χ1n) is 15.0. The molecular weight excluding hydrogens is 569 g/mol. The molecule has 0 aliphatic rings. The summed E-state index contributed by atoms with van der Waals surface area (Å²) in [5.41, 5.74) is 5.15. The van der Waals surface area contributed by atoms with E-state index in [9.17, 15) is 0 Å². The van der Waals surface area contributed by atoms with Gasteiger partial charge in [-0.25, -0.2) is 0 Å². The standard InChI is InChI=1S/C42H24S2/c1-2-11-26(12-3-1)38-29-14-6-8-16-31(29)39(32-17-9-7-15-30(32)38)27-19-21-35-37(24-27)43-36-23-22-34-33-20-18-25-10-4-5-13-28(25)41(33)44-42(34)40(35)36/h1-24H. The fourth-order valence-corrected chi connectivity index (χ4v) is 9.95. The normalized spacial score (nSPS) is 12.1. The van der Waals surface area contributed by atoms with Gasteiger partial charge in [-0.1, -0.05) is 133 Å². The zero-order valence-corrected chi connectivity index (χ0v) is 25.3. The zero-order valence-electron chi connectivity index (χ0n) is 23.7. The van der Waals surface area contributed by atoms with Crippen LogP contribution in [0.3, 0.4) is 0 Å². The topological polar surface area (TPSA) is 0 Å². The summed E-state index contributed by atoms with van der Waals surface area (Å²) in [5.74, 6) is 0. The molecule has 0 fully saturated rings. The van der Waals surface area contributed by atoms with E-state index >= 15 is 0 Å². The Morgan fingerprint density at radius 3 is 1.61 bits per heavy atom. The molecule has 8 aromatic carbocycles. The highest BCUT2D eigenvalue weighted by molar-refractivity contribution is 7.30. The molecule has 0 saturated carbocycles. The lowest BCUT2D eigenvalue weighted by molar-refractivity contribution is 1.66. The summed E-state index contributed by atoms with van der Waals surface area (Å²) in [6.45, 7) is 0. The maximum atomic E-state index is 2.44. The van der Waals surface area contributed by atoms with E-state index in [4.69, 9.17) is 0 Å². The van der Waals surface area contributed by atoms with Gasteiger partial charge in [0.15, 0.2) is 0 Å². The molecule has 0 spiro atoms. The minimum absolute atomic E-state index is 1.26. The molecular formula is C42H24S2. The molecule has 44 heavy (non-hydrogen) atoms. The van der Waals surface area contributed by atoms with Crippen LogP contribution in [0, 0.1) is 0 Å². The highest BCUT2D eigenvalue weighted by Crippen LogP contribution is 2.48. The van der Waals surface area contributed by atoms with Gasteiger partial charge in [0.25, 0.3) is 0 Å². The summed E-state index contributed by atoms with van der Waals surface area (Å²) >= 11 is 3.87. The number of hydrogen-bond donors (Lipinski definition) is 0. The summed E-state index contributed by atoms with van der Waals surface area (Å²) in [6, 6.07) is 53.9. The Morgan fingerprint density at radius 1 is 0.318 bits per heavy atom. The molecule has 0 amide bonds. The van der Waals surface area contributed by atoms with Crippen LogP contribution in [-0.2, 0) is 0 Å². The quantitative estimate of drug-likeness (QED) is 0.175. The van der Waals surface area contributed by atoms with Gasteiger partial charge in [0.1, 0.15) is 0 Å². The number of fused-ring (bicyclic) bond motifs is 11. The molecule has 0 unspecified atom stereocenters. The first-order chi connectivity index (χ1) is 21.8. The van der Waals surface area contributed by atoms with Crippen LogP contribution in [0.25, 0.3) is 94.9 Å². The Bertz CT molecular complexity index is 2700. The molecule has 0 radical (unpaired) electrons. The maximum absolute atomic E-state index is 2.44. The van der Waals surface area contributed by atoms with Gasteiger partial charge in [-0.2, -0.15) is 0 Å². The van der Waals surface area contributed by atoms with Crippen LogP contribution in [0.15, 0.2) is 146 Å². The van der Waals surface area contributed by atoms with Crippen LogP contribution in [0.1, 0.15) is 0 Å². The van der Waals surface area contributed by atoms with Crippen LogP contribution in [0.2, 0.25) is 0 Å². The van der Waals surface area contributed by atoms with Gasteiger partial charge in [-0.05, 0) is 66.7 Å².